The lowest BCUT2D eigenvalue weighted by atomic mass is 10.1. The van der Waals surface area contributed by atoms with Gasteiger partial charge in [0.1, 0.15) is 11.6 Å². The summed E-state index contributed by atoms with van der Waals surface area (Å²) in [6, 6.07) is 3.08. The predicted octanol–water partition coefficient (Wildman–Crippen LogP) is 1.76. The second kappa shape index (κ2) is 4.86. The third kappa shape index (κ3) is 2.55. The summed E-state index contributed by atoms with van der Waals surface area (Å²) in [5.41, 5.74) is 0.0560. The van der Waals surface area contributed by atoms with Crippen molar-refractivity contribution in [2.45, 2.75) is 18.8 Å². The van der Waals surface area contributed by atoms with Crippen LogP contribution in [-0.2, 0) is 9.47 Å². The standard InChI is InChI=1S/C11H12F2O3/c12-7-1-2-8(9(13)5-7)10(14)6-11-15-3-4-16-11/h1-2,5,10-11,14H,3-4,6H2. The summed E-state index contributed by atoms with van der Waals surface area (Å²) in [5.74, 6) is -1.42. The van der Waals surface area contributed by atoms with Gasteiger partial charge in [-0.3, -0.25) is 0 Å². The van der Waals surface area contributed by atoms with Crippen LogP contribution in [0.5, 0.6) is 0 Å². The largest absolute Gasteiger partial charge is 0.388 e. The zero-order valence-corrected chi connectivity index (χ0v) is 8.53. The molecule has 2 rings (SSSR count). The smallest absolute Gasteiger partial charge is 0.160 e. The minimum Gasteiger partial charge on any atom is -0.388 e. The lowest BCUT2D eigenvalue weighted by Gasteiger charge is -2.15. The molecule has 16 heavy (non-hydrogen) atoms. The van der Waals surface area contributed by atoms with Crippen molar-refractivity contribution in [3.05, 3.63) is 35.4 Å². The lowest BCUT2D eigenvalue weighted by Crippen LogP contribution is -2.14. The zero-order valence-electron chi connectivity index (χ0n) is 8.53. The van der Waals surface area contributed by atoms with Crippen LogP contribution in [-0.4, -0.2) is 24.6 Å². The Kier molecular flexibility index (Phi) is 3.48. The van der Waals surface area contributed by atoms with E-state index in [1.54, 1.807) is 0 Å². The Hall–Kier alpha value is -1.04. The van der Waals surface area contributed by atoms with E-state index in [0.29, 0.717) is 13.2 Å². The molecule has 0 aliphatic carbocycles. The molecule has 1 atom stereocenters. The topological polar surface area (TPSA) is 38.7 Å². The normalized spacial score (nSPS) is 18.9. The third-order valence-electron chi connectivity index (χ3n) is 2.43. The molecular formula is C11H12F2O3. The second-order valence-electron chi connectivity index (χ2n) is 3.59. The number of ether oxygens (including phenoxy) is 2. The van der Waals surface area contributed by atoms with E-state index < -0.39 is 24.0 Å². The first-order valence-electron chi connectivity index (χ1n) is 5.03. The molecule has 0 radical (unpaired) electrons. The van der Waals surface area contributed by atoms with Crippen molar-refractivity contribution in [1.82, 2.24) is 0 Å². The highest BCUT2D eigenvalue weighted by molar-refractivity contribution is 5.20. The van der Waals surface area contributed by atoms with Gasteiger partial charge < -0.3 is 14.6 Å². The molecule has 0 aromatic heterocycles. The van der Waals surface area contributed by atoms with Gasteiger partial charge in [-0.15, -0.1) is 0 Å². The molecule has 1 fully saturated rings. The van der Waals surface area contributed by atoms with E-state index in [1.807, 2.05) is 0 Å². The number of hydrogen-bond donors (Lipinski definition) is 1. The first-order valence-corrected chi connectivity index (χ1v) is 5.03. The van der Waals surface area contributed by atoms with Crippen LogP contribution < -0.4 is 0 Å². The molecule has 5 heteroatoms. The fourth-order valence-electron chi connectivity index (χ4n) is 1.62. The van der Waals surface area contributed by atoms with Crippen LogP contribution in [0.3, 0.4) is 0 Å². The van der Waals surface area contributed by atoms with Crippen molar-refractivity contribution in [3.8, 4) is 0 Å². The van der Waals surface area contributed by atoms with E-state index in [4.69, 9.17) is 9.47 Å². The maximum absolute atomic E-state index is 13.3. The minimum atomic E-state index is -1.05. The fraction of sp³-hybridized carbons (Fsp3) is 0.455. The summed E-state index contributed by atoms with van der Waals surface area (Å²) >= 11 is 0. The molecule has 1 saturated heterocycles. The lowest BCUT2D eigenvalue weighted by molar-refractivity contribution is -0.0711. The van der Waals surface area contributed by atoms with Gasteiger partial charge in [0.05, 0.1) is 19.3 Å². The molecule has 1 heterocycles. The fourth-order valence-corrected chi connectivity index (χ4v) is 1.62. The van der Waals surface area contributed by atoms with Gasteiger partial charge in [0.15, 0.2) is 6.29 Å². The molecule has 88 valence electrons. The Bertz CT molecular complexity index is 364. The van der Waals surface area contributed by atoms with Gasteiger partial charge in [0, 0.05) is 18.1 Å². The van der Waals surface area contributed by atoms with E-state index in [2.05, 4.69) is 0 Å². The summed E-state index contributed by atoms with van der Waals surface area (Å²) < 4.78 is 36.2. The second-order valence-corrected chi connectivity index (χ2v) is 3.59. The first-order chi connectivity index (χ1) is 7.66. The molecular weight excluding hydrogens is 218 g/mol. The van der Waals surface area contributed by atoms with Gasteiger partial charge in [-0.1, -0.05) is 6.07 Å². The summed E-state index contributed by atoms with van der Waals surface area (Å²) in [6.07, 6.45) is -1.43. The predicted molar refractivity (Wildman–Crippen MR) is 51.6 cm³/mol. The Morgan fingerprint density at radius 2 is 2.00 bits per heavy atom. The van der Waals surface area contributed by atoms with E-state index >= 15 is 0 Å². The molecule has 0 spiro atoms. The number of halogens is 2. The molecule has 1 unspecified atom stereocenters. The van der Waals surface area contributed by atoms with E-state index in [9.17, 15) is 13.9 Å². The van der Waals surface area contributed by atoms with Crippen LogP contribution in [0.4, 0.5) is 8.78 Å². The number of benzene rings is 1. The molecule has 0 saturated carbocycles. The van der Waals surface area contributed by atoms with E-state index in [0.717, 1.165) is 12.1 Å². The summed E-state index contributed by atoms with van der Waals surface area (Å²) in [6.45, 7) is 0.951. The number of aliphatic hydroxyl groups excluding tert-OH is 1. The van der Waals surface area contributed by atoms with Crippen molar-refractivity contribution >= 4 is 0 Å². The van der Waals surface area contributed by atoms with Crippen molar-refractivity contribution in [2.75, 3.05) is 13.2 Å². The van der Waals surface area contributed by atoms with Crippen LogP contribution in [0.2, 0.25) is 0 Å². The van der Waals surface area contributed by atoms with Gasteiger partial charge in [0.25, 0.3) is 0 Å². The zero-order chi connectivity index (χ0) is 11.5. The van der Waals surface area contributed by atoms with Crippen LogP contribution in [0.1, 0.15) is 18.1 Å². The molecule has 3 nitrogen and oxygen atoms in total. The number of rotatable bonds is 3. The Balaban J connectivity index is 2.04. The van der Waals surface area contributed by atoms with Crippen molar-refractivity contribution < 1.29 is 23.4 Å². The third-order valence-corrected chi connectivity index (χ3v) is 2.43. The van der Waals surface area contributed by atoms with Gasteiger partial charge in [-0.05, 0) is 6.07 Å². The average molecular weight is 230 g/mol. The quantitative estimate of drug-likeness (QED) is 0.859. The Labute approximate surface area is 91.6 Å². The van der Waals surface area contributed by atoms with Gasteiger partial charge in [-0.25, -0.2) is 8.78 Å². The SMILES string of the molecule is OC(CC1OCCO1)c1ccc(F)cc1F. The Morgan fingerprint density at radius 3 is 2.62 bits per heavy atom. The highest BCUT2D eigenvalue weighted by Gasteiger charge is 2.22. The highest BCUT2D eigenvalue weighted by Crippen LogP contribution is 2.24. The van der Waals surface area contributed by atoms with Gasteiger partial charge in [-0.2, -0.15) is 0 Å². The van der Waals surface area contributed by atoms with Crippen molar-refractivity contribution in [3.63, 3.8) is 0 Å². The Morgan fingerprint density at radius 1 is 1.31 bits per heavy atom. The monoisotopic (exact) mass is 230 g/mol. The summed E-state index contributed by atoms with van der Waals surface area (Å²) in [4.78, 5) is 0. The minimum absolute atomic E-state index is 0.0560. The van der Waals surface area contributed by atoms with Gasteiger partial charge >= 0.3 is 0 Å². The number of hydrogen-bond acceptors (Lipinski definition) is 3. The first kappa shape index (κ1) is 11.4. The molecule has 1 aliphatic rings. The molecule has 1 aliphatic heterocycles. The molecule has 0 bridgehead atoms. The van der Waals surface area contributed by atoms with E-state index in [1.165, 1.54) is 6.07 Å². The van der Waals surface area contributed by atoms with Crippen LogP contribution in [0, 0.1) is 11.6 Å². The maximum Gasteiger partial charge on any atom is 0.160 e. The molecule has 0 amide bonds. The number of aliphatic hydroxyl groups is 1. The molecule has 1 N–H and O–H groups in total. The molecule has 1 aromatic carbocycles. The van der Waals surface area contributed by atoms with Crippen molar-refractivity contribution in [2.24, 2.45) is 0 Å². The summed E-state index contributed by atoms with van der Waals surface area (Å²) in [5, 5.41) is 9.73. The van der Waals surface area contributed by atoms with Gasteiger partial charge in [0.2, 0.25) is 0 Å². The van der Waals surface area contributed by atoms with Crippen molar-refractivity contribution in [1.29, 1.82) is 0 Å². The van der Waals surface area contributed by atoms with Crippen LogP contribution in [0.25, 0.3) is 0 Å². The van der Waals surface area contributed by atoms with E-state index in [-0.39, 0.29) is 12.0 Å². The maximum atomic E-state index is 13.3. The average Bonchev–Trinajstić information content (AvgIpc) is 2.70. The summed E-state index contributed by atoms with van der Waals surface area (Å²) in [7, 11) is 0. The highest BCUT2D eigenvalue weighted by atomic mass is 19.1. The van der Waals surface area contributed by atoms with Crippen LogP contribution >= 0.6 is 0 Å². The van der Waals surface area contributed by atoms with Crippen LogP contribution in [0.15, 0.2) is 18.2 Å². The molecule has 1 aromatic rings.